The first kappa shape index (κ1) is 18.8. The molecule has 0 fully saturated rings. The average Bonchev–Trinajstić information content (AvgIpc) is 3.18. The summed E-state index contributed by atoms with van der Waals surface area (Å²) in [6.45, 7) is 4.78. The fourth-order valence-corrected chi connectivity index (χ4v) is 6.85. The number of fused-ring (bicyclic) bond motifs is 3. The first-order chi connectivity index (χ1) is 13.7. The molecule has 0 saturated heterocycles. The van der Waals surface area contributed by atoms with Crippen molar-refractivity contribution < 1.29 is 9.53 Å². The third-order valence-corrected chi connectivity index (χ3v) is 10.0. The molecule has 0 atom stereocenters. The summed E-state index contributed by atoms with van der Waals surface area (Å²) in [5.41, 5.74) is 4.09. The Hall–Kier alpha value is -2.52. The number of imidazole rings is 1. The van der Waals surface area contributed by atoms with Gasteiger partial charge in [-0.25, -0.2) is 0 Å². The first-order valence-electron chi connectivity index (χ1n) is 9.53. The molecular weight excluding hydrogens is 413 g/mol. The summed E-state index contributed by atoms with van der Waals surface area (Å²) in [7, 11) is 1.66. The number of carbonyl (C=O) groups is 1. The van der Waals surface area contributed by atoms with Crippen LogP contribution in [-0.2, 0) is 6.67 Å². The van der Waals surface area contributed by atoms with Crippen LogP contribution < -0.4 is 9.64 Å². The molecule has 144 valence electrons. The summed E-state index contributed by atoms with van der Waals surface area (Å²) in [5.74, 6) is 1.65. The number of methoxy groups -OCH3 is 1. The molecule has 1 aliphatic rings. The van der Waals surface area contributed by atoms with E-state index in [9.17, 15) is 4.79 Å². The zero-order valence-electron chi connectivity index (χ0n) is 16.4. The Morgan fingerprint density at radius 1 is 1.14 bits per heavy atom. The number of nitrogens with zero attached hydrogens (tertiary/aromatic N) is 3. The fourth-order valence-electron chi connectivity index (χ4n) is 3.70. The summed E-state index contributed by atoms with van der Waals surface area (Å²) >= 11 is -1.56. The van der Waals surface area contributed by atoms with Gasteiger partial charge in [0.1, 0.15) is 0 Å². The summed E-state index contributed by atoms with van der Waals surface area (Å²) < 4.78 is 7.84. The van der Waals surface area contributed by atoms with Gasteiger partial charge in [-0.1, -0.05) is 0 Å². The van der Waals surface area contributed by atoms with Crippen molar-refractivity contribution in [1.29, 1.82) is 0 Å². The number of aromatic nitrogens is 2. The molecule has 1 amide bonds. The Bertz CT molecular complexity index is 1010. The van der Waals surface area contributed by atoms with Crippen LogP contribution in [0.25, 0.3) is 22.6 Å². The van der Waals surface area contributed by atoms with Crippen molar-refractivity contribution in [1.82, 2.24) is 9.55 Å². The van der Waals surface area contributed by atoms with Crippen LogP contribution in [-0.4, -0.2) is 36.0 Å². The van der Waals surface area contributed by atoms with Crippen LogP contribution in [0.15, 0.2) is 54.7 Å². The number of ether oxygens (including phenoxy) is 1. The topological polar surface area (TPSA) is 47.4 Å². The van der Waals surface area contributed by atoms with E-state index >= 15 is 0 Å². The van der Waals surface area contributed by atoms with E-state index in [1.54, 1.807) is 7.11 Å². The van der Waals surface area contributed by atoms with Crippen LogP contribution in [0.5, 0.6) is 5.75 Å². The van der Waals surface area contributed by atoms with E-state index in [1.807, 2.05) is 53.6 Å². The molecule has 0 N–H and O–H groups in total. The number of para-hydroxylation sites is 1. The Morgan fingerprint density at radius 2 is 1.93 bits per heavy atom. The Kier molecular flexibility index (Phi) is 5.27. The standard InChI is InChI=1S/C22H24AsN3O2/c1-4-23(5-2)22(27)26-15-25-20(18-11-6-7-12-19(18)26)14-24-21(25)16-9-8-10-17(13-16)28-3/h6-14H,4-5,15H2,1-3H3. The number of rotatable bonds is 5. The van der Waals surface area contributed by atoms with Gasteiger partial charge in [0.25, 0.3) is 0 Å². The Balaban J connectivity index is 1.83. The second-order valence-electron chi connectivity index (χ2n) is 6.67. The quantitative estimate of drug-likeness (QED) is 0.513. The van der Waals surface area contributed by atoms with Crippen LogP contribution in [0.2, 0.25) is 10.4 Å². The molecule has 1 aliphatic heterocycles. The van der Waals surface area contributed by atoms with E-state index < -0.39 is 14.7 Å². The zero-order chi connectivity index (χ0) is 19.7. The summed E-state index contributed by atoms with van der Waals surface area (Å²) in [5, 5.41) is 1.97. The second kappa shape index (κ2) is 7.84. The second-order valence-corrected chi connectivity index (χ2v) is 12.4. The van der Waals surface area contributed by atoms with Crippen LogP contribution in [0.3, 0.4) is 0 Å². The molecule has 0 bridgehead atoms. The molecule has 0 aliphatic carbocycles. The molecule has 2 aromatic carbocycles. The van der Waals surface area contributed by atoms with Gasteiger partial charge in [-0.05, 0) is 0 Å². The normalized spacial score (nSPS) is 12.6. The van der Waals surface area contributed by atoms with Crippen molar-refractivity contribution in [3.63, 3.8) is 0 Å². The SMILES string of the molecule is CC[As](CC)C(=O)N1Cn2c(cnc2-c2cccc(OC)c2)-c2ccccc21. The molecule has 0 spiro atoms. The van der Waals surface area contributed by atoms with Gasteiger partial charge in [0.15, 0.2) is 0 Å². The molecule has 1 aromatic heterocycles. The number of amides is 1. The van der Waals surface area contributed by atoms with Gasteiger partial charge >= 0.3 is 170 Å². The fraction of sp³-hybridized carbons (Fsp3) is 0.273. The number of benzene rings is 2. The molecule has 0 unspecified atom stereocenters. The van der Waals surface area contributed by atoms with Crippen molar-refractivity contribution in [2.75, 3.05) is 12.0 Å². The van der Waals surface area contributed by atoms with Gasteiger partial charge in [0, 0.05) is 0 Å². The van der Waals surface area contributed by atoms with Crippen molar-refractivity contribution >= 4 is 25.0 Å². The van der Waals surface area contributed by atoms with Gasteiger partial charge < -0.3 is 0 Å². The van der Waals surface area contributed by atoms with Gasteiger partial charge in [-0.3, -0.25) is 0 Å². The molecule has 6 heteroatoms. The van der Waals surface area contributed by atoms with E-state index in [0.29, 0.717) is 11.4 Å². The zero-order valence-corrected chi connectivity index (χ0v) is 18.3. The molecule has 5 nitrogen and oxygen atoms in total. The summed E-state index contributed by atoms with van der Waals surface area (Å²) in [6.07, 6.45) is 1.91. The van der Waals surface area contributed by atoms with Crippen LogP contribution >= 0.6 is 0 Å². The van der Waals surface area contributed by atoms with E-state index in [-0.39, 0.29) is 0 Å². The first-order valence-corrected chi connectivity index (χ1v) is 13.1. The molecule has 0 radical (unpaired) electrons. The van der Waals surface area contributed by atoms with Gasteiger partial charge in [0.05, 0.1) is 0 Å². The molecule has 2 heterocycles. The van der Waals surface area contributed by atoms with E-state index in [0.717, 1.165) is 44.5 Å². The van der Waals surface area contributed by atoms with Gasteiger partial charge in [-0.2, -0.15) is 0 Å². The van der Waals surface area contributed by atoms with Crippen molar-refractivity contribution in [3.8, 4) is 28.4 Å². The predicted molar refractivity (Wildman–Crippen MR) is 114 cm³/mol. The monoisotopic (exact) mass is 437 g/mol. The molecule has 0 saturated carbocycles. The van der Waals surface area contributed by atoms with Crippen molar-refractivity contribution in [2.24, 2.45) is 0 Å². The van der Waals surface area contributed by atoms with Crippen molar-refractivity contribution in [2.45, 2.75) is 30.9 Å². The Morgan fingerprint density at radius 3 is 2.68 bits per heavy atom. The van der Waals surface area contributed by atoms with E-state index in [4.69, 9.17) is 9.72 Å². The number of hydrogen-bond acceptors (Lipinski definition) is 3. The number of anilines is 1. The average molecular weight is 437 g/mol. The molecule has 3 aromatic rings. The maximum atomic E-state index is 13.3. The van der Waals surface area contributed by atoms with Crippen LogP contribution in [0.4, 0.5) is 10.5 Å². The van der Waals surface area contributed by atoms with Gasteiger partial charge in [-0.15, -0.1) is 0 Å². The molecule has 28 heavy (non-hydrogen) atoms. The van der Waals surface area contributed by atoms with Crippen LogP contribution in [0, 0.1) is 0 Å². The minimum atomic E-state index is -1.56. The van der Waals surface area contributed by atoms with E-state index in [2.05, 4.69) is 24.5 Å². The Labute approximate surface area is 170 Å². The number of carbonyl (C=O) groups excluding carboxylic acids is 1. The molecule has 4 rings (SSSR count). The van der Waals surface area contributed by atoms with E-state index in [1.165, 1.54) is 0 Å². The van der Waals surface area contributed by atoms with Crippen LogP contribution in [0.1, 0.15) is 13.8 Å². The predicted octanol–water partition coefficient (Wildman–Crippen LogP) is 5.24. The minimum absolute atomic E-state index is 0.320. The van der Waals surface area contributed by atoms with Crippen molar-refractivity contribution in [3.05, 3.63) is 54.7 Å². The third-order valence-electron chi connectivity index (χ3n) is 5.20. The number of hydrogen-bond donors (Lipinski definition) is 0. The molecular formula is C22H24AsN3O2. The summed E-state index contributed by atoms with van der Waals surface area (Å²) in [6, 6.07) is 16.0. The van der Waals surface area contributed by atoms with Gasteiger partial charge in [0.2, 0.25) is 0 Å². The third kappa shape index (κ3) is 3.14. The summed E-state index contributed by atoms with van der Waals surface area (Å²) in [4.78, 5) is 20.0. The maximum absolute atomic E-state index is 13.3.